The van der Waals surface area contributed by atoms with Crippen LogP contribution in [-0.4, -0.2) is 37.2 Å². The number of sulfonamides is 1. The number of methoxy groups -OCH3 is 1. The van der Waals surface area contributed by atoms with E-state index in [-0.39, 0.29) is 24.6 Å². The summed E-state index contributed by atoms with van der Waals surface area (Å²) in [5, 5.41) is 0. The quantitative estimate of drug-likeness (QED) is 0.614. The van der Waals surface area contributed by atoms with Crippen LogP contribution >= 0.6 is 0 Å². The van der Waals surface area contributed by atoms with Gasteiger partial charge < -0.3 is 9.15 Å². The van der Waals surface area contributed by atoms with Crippen LogP contribution in [0.2, 0.25) is 0 Å². The number of halogens is 1. The Morgan fingerprint density at radius 2 is 1.96 bits per heavy atom. The largest absolute Gasteiger partial charge is 0.494 e. The van der Waals surface area contributed by atoms with Gasteiger partial charge >= 0.3 is 5.76 Å². The van der Waals surface area contributed by atoms with Crippen LogP contribution < -0.4 is 10.5 Å². The van der Waals surface area contributed by atoms with E-state index < -0.39 is 21.6 Å². The molecule has 0 N–H and O–H groups in total. The number of ether oxygens (including phenoxy) is 1. The topological polar surface area (TPSA) is 81.8 Å². The van der Waals surface area contributed by atoms with Crippen LogP contribution in [0.5, 0.6) is 5.75 Å². The van der Waals surface area contributed by atoms with Gasteiger partial charge in [-0.3, -0.25) is 4.57 Å². The Morgan fingerprint density at radius 3 is 2.67 bits per heavy atom. The molecule has 0 fully saturated rings. The Morgan fingerprint density at radius 1 is 1.22 bits per heavy atom. The van der Waals surface area contributed by atoms with Gasteiger partial charge in [0.15, 0.2) is 17.1 Å². The lowest BCUT2D eigenvalue weighted by Gasteiger charge is -2.17. The van der Waals surface area contributed by atoms with E-state index in [1.54, 1.807) is 30.3 Å². The fourth-order valence-corrected chi connectivity index (χ4v) is 3.82. The Kier molecular flexibility index (Phi) is 5.33. The molecule has 7 nitrogen and oxygen atoms in total. The molecule has 0 radical (unpaired) electrons. The minimum Gasteiger partial charge on any atom is -0.494 e. The average molecular weight is 394 g/mol. The second kappa shape index (κ2) is 7.53. The number of aromatic nitrogens is 1. The first-order valence-electron chi connectivity index (χ1n) is 8.16. The maximum absolute atomic E-state index is 13.8. The van der Waals surface area contributed by atoms with Crippen LogP contribution in [0.1, 0.15) is 5.56 Å². The van der Waals surface area contributed by atoms with Gasteiger partial charge in [-0.05, 0) is 29.8 Å². The summed E-state index contributed by atoms with van der Waals surface area (Å²) in [4.78, 5) is 11.9. The van der Waals surface area contributed by atoms with Crippen molar-refractivity contribution in [1.29, 1.82) is 0 Å². The zero-order valence-corrected chi connectivity index (χ0v) is 15.7. The average Bonchev–Trinajstić information content (AvgIpc) is 2.95. The zero-order valence-electron chi connectivity index (χ0n) is 14.9. The molecule has 0 atom stereocenters. The number of para-hydroxylation sites is 2. The van der Waals surface area contributed by atoms with E-state index >= 15 is 0 Å². The summed E-state index contributed by atoms with van der Waals surface area (Å²) >= 11 is 0. The molecule has 1 heterocycles. The van der Waals surface area contributed by atoms with Gasteiger partial charge in [-0.25, -0.2) is 21.9 Å². The van der Waals surface area contributed by atoms with Gasteiger partial charge in [0.25, 0.3) is 0 Å². The molecule has 0 saturated heterocycles. The predicted molar refractivity (Wildman–Crippen MR) is 98.7 cm³/mol. The Labute approximate surface area is 155 Å². The Balaban J connectivity index is 1.73. The van der Waals surface area contributed by atoms with E-state index in [4.69, 9.17) is 9.15 Å². The van der Waals surface area contributed by atoms with Crippen LogP contribution in [0.25, 0.3) is 11.1 Å². The Bertz CT molecular complexity index is 1120. The fourth-order valence-electron chi connectivity index (χ4n) is 2.75. The second-order valence-corrected chi connectivity index (χ2v) is 8.22. The number of aryl methyl sites for hydroxylation is 1. The molecular weight excluding hydrogens is 375 g/mol. The summed E-state index contributed by atoms with van der Waals surface area (Å²) in [6, 6.07) is 11.1. The van der Waals surface area contributed by atoms with E-state index in [1.165, 1.54) is 30.9 Å². The number of hydrogen-bond donors (Lipinski definition) is 0. The summed E-state index contributed by atoms with van der Waals surface area (Å²) < 4.78 is 51.2. The monoisotopic (exact) mass is 394 g/mol. The molecule has 2 aromatic carbocycles. The van der Waals surface area contributed by atoms with Gasteiger partial charge in [0.1, 0.15) is 0 Å². The van der Waals surface area contributed by atoms with Crippen LogP contribution in [0.15, 0.2) is 51.7 Å². The van der Waals surface area contributed by atoms with Crippen molar-refractivity contribution >= 4 is 21.1 Å². The number of fused-ring (bicyclic) bond motifs is 1. The highest BCUT2D eigenvalue weighted by Gasteiger charge is 2.20. The molecule has 9 heteroatoms. The first-order chi connectivity index (χ1) is 12.8. The maximum atomic E-state index is 13.8. The van der Waals surface area contributed by atoms with Gasteiger partial charge in [-0.1, -0.05) is 18.2 Å². The van der Waals surface area contributed by atoms with E-state index in [0.29, 0.717) is 16.7 Å². The molecule has 0 aliphatic heterocycles. The standard InChI is InChI=1S/C18H19FN2O5S/c1-20(12-13-7-8-16(25-2)14(19)11-13)27(23,24)10-9-21-15-5-3-4-6-17(15)26-18(21)22/h3-8,11H,9-10,12H2,1-2H3. The van der Waals surface area contributed by atoms with Gasteiger partial charge in [0.2, 0.25) is 10.0 Å². The smallest absolute Gasteiger partial charge is 0.419 e. The molecule has 0 spiro atoms. The summed E-state index contributed by atoms with van der Waals surface area (Å²) in [6.45, 7) is -0.0379. The van der Waals surface area contributed by atoms with Crippen molar-refractivity contribution in [3.8, 4) is 5.75 Å². The molecule has 144 valence electrons. The lowest BCUT2D eigenvalue weighted by Crippen LogP contribution is -2.31. The van der Waals surface area contributed by atoms with Crippen molar-refractivity contribution in [2.45, 2.75) is 13.1 Å². The van der Waals surface area contributed by atoms with Crippen molar-refractivity contribution in [3.63, 3.8) is 0 Å². The molecule has 0 aliphatic carbocycles. The Hall–Kier alpha value is -2.65. The molecule has 0 unspecified atom stereocenters. The lowest BCUT2D eigenvalue weighted by molar-refractivity contribution is 0.385. The highest BCUT2D eigenvalue weighted by molar-refractivity contribution is 7.89. The molecule has 1 aromatic heterocycles. The van der Waals surface area contributed by atoms with E-state index in [1.807, 2.05) is 0 Å². The molecular formula is C18H19FN2O5S. The van der Waals surface area contributed by atoms with Gasteiger partial charge in [0.05, 0.1) is 18.4 Å². The van der Waals surface area contributed by atoms with Crippen LogP contribution in [0.4, 0.5) is 4.39 Å². The van der Waals surface area contributed by atoms with Crippen LogP contribution in [0.3, 0.4) is 0 Å². The van der Waals surface area contributed by atoms with Crippen molar-refractivity contribution in [1.82, 2.24) is 8.87 Å². The van der Waals surface area contributed by atoms with Crippen molar-refractivity contribution in [2.75, 3.05) is 19.9 Å². The minimum atomic E-state index is -3.67. The third kappa shape index (κ3) is 4.04. The molecule has 0 saturated carbocycles. The number of nitrogens with zero attached hydrogens (tertiary/aromatic N) is 2. The van der Waals surface area contributed by atoms with Crippen molar-refractivity contribution in [2.24, 2.45) is 0 Å². The predicted octanol–water partition coefficient (Wildman–Crippen LogP) is 2.20. The van der Waals surface area contributed by atoms with Crippen LogP contribution in [0, 0.1) is 5.82 Å². The van der Waals surface area contributed by atoms with Crippen molar-refractivity contribution < 1.29 is 22.0 Å². The first-order valence-corrected chi connectivity index (χ1v) is 9.77. The fraction of sp³-hybridized carbons (Fsp3) is 0.278. The molecule has 0 amide bonds. The number of benzene rings is 2. The molecule has 0 aliphatic rings. The highest BCUT2D eigenvalue weighted by Crippen LogP contribution is 2.19. The summed E-state index contributed by atoms with van der Waals surface area (Å²) in [5.74, 6) is -1.36. The van der Waals surface area contributed by atoms with Crippen molar-refractivity contribution in [3.05, 3.63) is 64.4 Å². The highest BCUT2D eigenvalue weighted by atomic mass is 32.2. The molecule has 27 heavy (non-hydrogen) atoms. The number of oxazole rings is 1. The second-order valence-electron chi connectivity index (χ2n) is 6.03. The minimum absolute atomic E-state index is 0.00425. The maximum Gasteiger partial charge on any atom is 0.419 e. The van der Waals surface area contributed by atoms with Gasteiger partial charge in [-0.2, -0.15) is 0 Å². The molecule has 3 aromatic rings. The third-order valence-corrected chi connectivity index (χ3v) is 6.02. The number of hydrogen-bond acceptors (Lipinski definition) is 5. The SMILES string of the molecule is COc1ccc(CN(C)S(=O)(=O)CCn2c(=O)oc3ccccc32)cc1F. The normalized spacial score (nSPS) is 12.0. The van der Waals surface area contributed by atoms with E-state index in [2.05, 4.69) is 0 Å². The van der Waals surface area contributed by atoms with E-state index in [0.717, 1.165) is 4.31 Å². The zero-order chi connectivity index (χ0) is 19.6. The molecule has 0 bridgehead atoms. The molecule has 3 rings (SSSR count). The summed E-state index contributed by atoms with van der Waals surface area (Å²) in [7, 11) is -0.902. The van der Waals surface area contributed by atoms with Crippen LogP contribution in [-0.2, 0) is 23.1 Å². The third-order valence-electron chi connectivity index (χ3n) is 4.24. The number of rotatable bonds is 7. The van der Waals surface area contributed by atoms with Gasteiger partial charge in [0, 0.05) is 20.1 Å². The van der Waals surface area contributed by atoms with Gasteiger partial charge in [-0.15, -0.1) is 0 Å². The first kappa shape index (κ1) is 19.1. The lowest BCUT2D eigenvalue weighted by atomic mass is 10.2. The van der Waals surface area contributed by atoms with E-state index in [9.17, 15) is 17.6 Å². The summed E-state index contributed by atoms with van der Waals surface area (Å²) in [6.07, 6.45) is 0. The summed E-state index contributed by atoms with van der Waals surface area (Å²) in [5.41, 5.74) is 1.44.